The minimum Gasteiger partial charge on any atom is -0.374 e. The second kappa shape index (κ2) is 6.45. The Morgan fingerprint density at radius 2 is 2.12 bits per heavy atom. The Morgan fingerprint density at radius 1 is 1.25 bits per heavy atom. The van der Waals surface area contributed by atoms with Gasteiger partial charge in [0.15, 0.2) is 0 Å². The maximum Gasteiger partial charge on any atom is 0.254 e. The van der Waals surface area contributed by atoms with E-state index < -0.39 is 0 Å². The number of fused-ring (bicyclic) bond motifs is 1. The number of ether oxygens (including phenoxy) is 1. The van der Waals surface area contributed by atoms with Gasteiger partial charge in [0.25, 0.3) is 5.91 Å². The number of carbonyl (C=O) groups excluding carboxylic acids is 1. The molecule has 4 rings (SSSR count). The third kappa shape index (κ3) is 3.03. The van der Waals surface area contributed by atoms with E-state index in [-0.39, 0.29) is 12.0 Å². The highest BCUT2D eigenvalue weighted by molar-refractivity contribution is 5.97. The second-order valence-electron chi connectivity index (χ2n) is 6.07. The summed E-state index contributed by atoms with van der Waals surface area (Å²) >= 11 is 0. The van der Waals surface area contributed by atoms with Gasteiger partial charge in [-0.15, -0.1) is 0 Å². The number of hydrogen-bond acceptors (Lipinski definition) is 3. The maximum atomic E-state index is 12.8. The average Bonchev–Trinajstić information content (AvgIpc) is 3.10. The number of imidazole rings is 1. The molecule has 0 saturated carbocycles. The zero-order valence-electron chi connectivity index (χ0n) is 13.3. The monoisotopic (exact) mass is 321 g/mol. The highest BCUT2D eigenvalue weighted by atomic mass is 16.5. The molecule has 1 unspecified atom stereocenters. The summed E-state index contributed by atoms with van der Waals surface area (Å²) in [4.78, 5) is 21.9. The number of benzene rings is 2. The molecule has 5 nitrogen and oxygen atoms in total. The van der Waals surface area contributed by atoms with Gasteiger partial charge in [0.1, 0.15) is 0 Å². The van der Waals surface area contributed by atoms with Crippen molar-refractivity contribution in [1.29, 1.82) is 0 Å². The molecule has 3 aromatic rings. The molecule has 0 spiro atoms. The number of aromatic nitrogens is 2. The summed E-state index contributed by atoms with van der Waals surface area (Å²) in [6.07, 6.45) is 2.51. The van der Waals surface area contributed by atoms with Crippen LogP contribution in [0.3, 0.4) is 0 Å². The lowest BCUT2D eigenvalue weighted by Crippen LogP contribution is -2.46. The summed E-state index contributed by atoms with van der Waals surface area (Å²) in [5, 5.41) is 0. The Hall–Kier alpha value is -2.66. The molecule has 1 atom stereocenters. The smallest absolute Gasteiger partial charge is 0.254 e. The van der Waals surface area contributed by atoms with Crippen LogP contribution in [0.25, 0.3) is 11.0 Å². The lowest BCUT2D eigenvalue weighted by molar-refractivity contribution is -0.0208. The van der Waals surface area contributed by atoms with Crippen LogP contribution >= 0.6 is 0 Å². The van der Waals surface area contributed by atoms with Crippen molar-refractivity contribution in [3.05, 3.63) is 66.0 Å². The molecule has 122 valence electrons. The van der Waals surface area contributed by atoms with Gasteiger partial charge in [-0.05, 0) is 23.8 Å². The van der Waals surface area contributed by atoms with Crippen molar-refractivity contribution >= 4 is 16.9 Å². The number of hydrogen-bond donors (Lipinski definition) is 1. The molecule has 2 heterocycles. The lowest BCUT2D eigenvalue weighted by atomic mass is 10.1. The fourth-order valence-corrected chi connectivity index (χ4v) is 3.16. The Morgan fingerprint density at radius 3 is 3.00 bits per heavy atom. The van der Waals surface area contributed by atoms with E-state index in [9.17, 15) is 4.79 Å². The van der Waals surface area contributed by atoms with E-state index >= 15 is 0 Å². The molecule has 0 radical (unpaired) electrons. The molecule has 1 aromatic heterocycles. The first-order valence-electron chi connectivity index (χ1n) is 8.17. The summed E-state index contributed by atoms with van der Waals surface area (Å²) in [5.74, 6) is 0.0489. The lowest BCUT2D eigenvalue weighted by Gasteiger charge is -2.33. The minimum absolute atomic E-state index is 0.0426. The molecule has 24 heavy (non-hydrogen) atoms. The molecule has 1 saturated heterocycles. The molecule has 1 aliphatic heterocycles. The zero-order valence-corrected chi connectivity index (χ0v) is 13.3. The number of nitrogens with one attached hydrogen (secondary N) is 1. The zero-order chi connectivity index (χ0) is 16.4. The average molecular weight is 321 g/mol. The SMILES string of the molecule is O=C(c1ccc2nc[nH]c2c1)N1CCOC(Cc2ccccc2)C1. The first-order valence-corrected chi connectivity index (χ1v) is 8.17. The van der Waals surface area contributed by atoms with Crippen molar-refractivity contribution in [3.8, 4) is 0 Å². The van der Waals surface area contributed by atoms with E-state index in [1.807, 2.05) is 41.3 Å². The molecule has 1 fully saturated rings. The summed E-state index contributed by atoms with van der Waals surface area (Å²) in [6, 6.07) is 15.8. The summed E-state index contributed by atoms with van der Waals surface area (Å²) in [7, 11) is 0. The van der Waals surface area contributed by atoms with Crippen LogP contribution < -0.4 is 0 Å². The first kappa shape index (κ1) is 14.9. The van der Waals surface area contributed by atoms with Crippen LogP contribution in [-0.2, 0) is 11.2 Å². The van der Waals surface area contributed by atoms with E-state index in [1.165, 1.54) is 5.56 Å². The number of H-pyrrole nitrogens is 1. The van der Waals surface area contributed by atoms with Gasteiger partial charge in [0.05, 0.1) is 30.1 Å². The van der Waals surface area contributed by atoms with E-state index in [1.54, 1.807) is 6.33 Å². The van der Waals surface area contributed by atoms with Crippen molar-refractivity contribution < 1.29 is 9.53 Å². The topological polar surface area (TPSA) is 58.2 Å². The van der Waals surface area contributed by atoms with Crippen LogP contribution in [0.4, 0.5) is 0 Å². The number of aromatic amines is 1. The van der Waals surface area contributed by atoms with Crippen LogP contribution in [0.5, 0.6) is 0 Å². The van der Waals surface area contributed by atoms with Crippen LogP contribution in [0, 0.1) is 0 Å². The van der Waals surface area contributed by atoms with Crippen molar-refractivity contribution in [3.63, 3.8) is 0 Å². The molecule has 0 bridgehead atoms. The summed E-state index contributed by atoms with van der Waals surface area (Å²) < 4.78 is 5.85. The number of amides is 1. The Balaban J connectivity index is 1.47. The van der Waals surface area contributed by atoms with Gasteiger partial charge in [-0.3, -0.25) is 4.79 Å². The molecule has 0 aliphatic carbocycles. The van der Waals surface area contributed by atoms with E-state index in [4.69, 9.17) is 4.74 Å². The highest BCUT2D eigenvalue weighted by Crippen LogP contribution is 2.17. The third-order valence-corrected chi connectivity index (χ3v) is 4.40. The van der Waals surface area contributed by atoms with Gasteiger partial charge in [-0.2, -0.15) is 0 Å². The molecule has 2 aromatic carbocycles. The van der Waals surface area contributed by atoms with Gasteiger partial charge < -0.3 is 14.6 Å². The van der Waals surface area contributed by atoms with Crippen molar-refractivity contribution in [2.75, 3.05) is 19.7 Å². The van der Waals surface area contributed by atoms with Gasteiger partial charge in [0.2, 0.25) is 0 Å². The molecular weight excluding hydrogens is 302 g/mol. The Labute approximate surface area is 140 Å². The van der Waals surface area contributed by atoms with Crippen LogP contribution in [-0.4, -0.2) is 46.6 Å². The third-order valence-electron chi connectivity index (χ3n) is 4.40. The van der Waals surface area contributed by atoms with E-state index in [0.29, 0.717) is 25.3 Å². The maximum absolute atomic E-state index is 12.8. The fourth-order valence-electron chi connectivity index (χ4n) is 3.16. The van der Waals surface area contributed by atoms with Gasteiger partial charge in [-0.1, -0.05) is 30.3 Å². The van der Waals surface area contributed by atoms with Crippen LogP contribution in [0.1, 0.15) is 15.9 Å². The predicted octanol–water partition coefficient (Wildman–Crippen LogP) is 2.65. The molecule has 1 aliphatic rings. The molecule has 5 heteroatoms. The van der Waals surface area contributed by atoms with Crippen molar-refractivity contribution in [2.24, 2.45) is 0 Å². The quantitative estimate of drug-likeness (QED) is 0.807. The molecule has 1 N–H and O–H groups in total. The van der Waals surface area contributed by atoms with Gasteiger partial charge in [0, 0.05) is 25.1 Å². The first-order chi connectivity index (χ1) is 11.8. The number of rotatable bonds is 3. The normalized spacial score (nSPS) is 18.0. The van der Waals surface area contributed by atoms with Gasteiger partial charge in [-0.25, -0.2) is 4.98 Å². The largest absolute Gasteiger partial charge is 0.374 e. The highest BCUT2D eigenvalue weighted by Gasteiger charge is 2.25. The van der Waals surface area contributed by atoms with E-state index in [0.717, 1.165) is 17.5 Å². The van der Waals surface area contributed by atoms with Gasteiger partial charge >= 0.3 is 0 Å². The Kier molecular flexibility index (Phi) is 4.01. The molecule has 1 amide bonds. The summed E-state index contributed by atoms with van der Waals surface area (Å²) in [5.41, 5.74) is 3.67. The Bertz CT molecular complexity index is 844. The fraction of sp³-hybridized carbons (Fsp3) is 0.263. The number of carbonyl (C=O) groups is 1. The molecular formula is C19H19N3O2. The predicted molar refractivity (Wildman–Crippen MR) is 91.9 cm³/mol. The minimum atomic E-state index is 0.0426. The summed E-state index contributed by atoms with van der Waals surface area (Å²) in [6.45, 7) is 1.83. The second-order valence-corrected chi connectivity index (χ2v) is 6.07. The van der Waals surface area contributed by atoms with E-state index in [2.05, 4.69) is 22.1 Å². The van der Waals surface area contributed by atoms with Crippen molar-refractivity contribution in [1.82, 2.24) is 14.9 Å². The van der Waals surface area contributed by atoms with Crippen LogP contribution in [0.2, 0.25) is 0 Å². The standard InChI is InChI=1S/C19H19N3O2/c23-19(15-6-7-17-18(11-15)21-13-20-17)22-8-9-24-16(12-22)10-14-4-2-1-3-5-14/h1-7,11,13,16H,8-10,12H2,(H,20,21). The number of nitrogens with zero attached hydrogens (tertiary/aromatic N) is 2. The van der Waals surface area contributed by atoms with Crippen molar-refractivity contribution in [2.45, 2.75) is 12.5 Å². The number of morpholine rings is 1. The van der Waals surface area contributed by atoms with Crippen LogP contribution in [0.15, 0.2) is 54.9 Å².